The number of alkyl halides is 1. The van der Waals surface area contributed by atoms with Crippen LogP contribution in [0.25, 0.3) is 5.82 Å². The first-order chi connectivity index (χ1) is 7.74. The second-order valence-corrected chi connectivity index (χ2v) is 4.66. The molecule has 0 aliphatic rings. The summed E-state index contributed by atoms with van der Waals surface area (Å²) in [7, 11) is 0. The normalized spacial score (nSPS) is 10.1. The quantitative estimate of drug-likeness (QED) is 0.786. The fourth-order valence-electron chi connectivity index (χ4n) is 1.34. The van der Waals surface area contributed by atoms with Crippen LogP contribution in [0.2, 0.25) is 0 Å². The monoisotopic (exact) mass is 339 g/mol. The molecular formula is C11H7Br2N3. The maximum Gasteiger partial charge on any atom is 0.137 e. The molecule has 2 heterocycles. The summed E-state index contributed by atoms with van der Waals surface area (Å²) < 4.78 is 2.62. The van der Waals surface area contributed by atoms with Gasteiger partial charge in [-0.25, -0.2) is 4.98 Å². The third-order valence-corrected chi connectivity index (χ3v) is 3.19. The van der Waals surface area contributed by atoms with E-state index in [1.807, 2.05) is 18.3 Å². The van der Waals surface area contributed by atoms with Gasteiger partial charge in [0.1, 0.15) is 17.6 Å². The van der Waals surface area contributed by atoms with E-state index in [9.17, 15) is 0 Å². The van der Waals surface area contributed by atoms with Gasteiger partial charge in [0.15, 0.2) is 0 Å². The first-order valence-corrected chi connectivity index (χ1v) is 6.45. The van der Waals surface area contributed by atoms with Gasteiger partial charge in [0.2, 0.25) is 0 Å². The molecule has 0 amide bonds. The Hall–Kier alpha value is -1.12. The molecule has 0 bridgehead atoms. The first-order valence-electron chi connectivity index (χ1n) is 4.54. The highest BCUT2D eigenvalue weighted by Crippen LogP contribution is 2.18. The summed E-state index contributed by atoms with van der Waals surface area (Å²) in [5.41, 5.74) is 1.67. The maximum absolute atomic E-state index is 8.97. The summed E-state index contributed by atoms with van der Waals surface area (Å²) in [5.74, 6) is 0.743. The van der Waals surface area contributed by atoms with Crippen LogP contribution in [-0.2, 0) is 5.33 Å². The minimum Gasteiger partial charge on any atom is -0.291 e. The lowest BCUT2D eigenvalue weighted by molar-refractivity contribution is 0.982. The van der Waals surface area contributed by atoms with Gasteiger partial charge in [-0.1, -0.05) is 22.0 Å². The van der Waals surface area contributed by atoms with Gasteiger partial charge in [0.05, 0.1) is 0 Å². The zero-order valence-electron chi connectivity index (χ0n) is 8.19. The van der Waals surface area contributed by atoms with E-state index in [0.29, 0.717) is 5.69 Å². The summed E-state index contributed by atoms with van der Waals surface area (Å²) in [5, 5.41) is 9.75. The van der Waals surface area contributed by atoms with Crippen LogP contribution in [0.3, 0.4) is 0 Å². The van der Waals surface area contributed by atoms with Crippen molar-refractivity contribution in [1.29, 1.82) is 5.26 Å². The van der Waals surface area contributed by atoms with Gasteiger partial charge < -0.3 is 0 Å². The van der Waals surface area contributed by atoms with Gasteiger partial charge in [0, 0.05) is 22.2 Å². The van der Waals surface area contributed by atoms with Gasteiger partial charge in [0.25, 0.3) is 0 Å². The van der Waals surface area contributed by atoms with Gasteiger partial charge >= 0.3 is 0 Å². The van der Waals surface area contributed by atoms with E-state index < -0.39 is 0 Å². The predicted octanol–water partition coefficient (Wildman–Crippen LogP) is 3.40. The van der Waals surface area contributed by atoms with E-state index in [1.165, 1.54) is 0 Å². The molecule has 80 valence electrons. The SMILES string of the molecule is N#Cc1cc(Br)cn1-c1ccc(CBr)cn1. The number of rotatable bonds is 2. The molecule has 0 saturated carbocycles. The average Bonchev–Trinajstić information content (AvgIpc) is 2.70. The summed E-state index contributed by atoms with van der Waals surface area (Å²) in [4.78, 5) is 4.30. The average molecular weight is 341 g/mol. The Labute approximate surface area is 110 Å². The minimum absolute atomic E-state index is 0.561. The number of nitriles is 1. The number of nitrogens with zero attached hydrogens (tertiary/aromatic N) is 3. The Bertz CT molecular complexity index is 537. The molecule has 2 aromatic rings. The van der Waals surface area contributed by atoms with Crippen molar-refractivity contribution in [3.63, 3.8) is 0 Å². The van der Waals surface area contributed by atoms with Gasteiger partial charge in [-0.15, -0.1) is 0 Å². The smallest absolute Gasteiger partial charge is 0.137 e. The largest absolute Gasteiger partial charge is 0.291 e. The molecule has 3 nitrogen and oxygen atoms in total. The fraction of sp³-hybridized carbons (Fsp3) is 0.0909. The number of halogens is 2. The zero-order chi connectivity index (χ0) is 11.5. The highest BCUT2D eigenvalue weighted by Gasteiger charge is 2.06. The van der Waals surface area contributed by atoms with Crippen molar-refractivity contribution < 1.29 is 0 Å². The molecular weight excluding hydrogens is 334 g/mol. The molecule has 0 fully saturated rings. The van der Waals surface area contributed by atoms with Crippen LogP contribution in [0.15, 0.2) is 35.1 Å². The van der Waals surface area contributed by atoms with Crippen LogP contribution >= 0.6 is 31.9 Å². The summed E-state index contributed by atoms with van der Waals surface area (Å²) in [6.07, 6.45) is 3.62. The van der Waals surface area contributed by atoms with E-state index in [-0.39, 0.29) is 0 Å². The van der Waals surface area contributed by atoms with Crippen LogP contribution in [0.4, 0.5) is 0 Å². The molecule has 0 aliphatic heterocycles. The van der Waals surface area contributed by atoms with Crippen LogP contribution in [0.5, 0.6) is 0 Å². The molecule has 0 aromatic carbocycles. The van der Waals surface area contributed by atoms with Crippen molar-refractivity contribution >= 4 is 31.9 Å². The highest BCUT2D eigenvalue weighted by molar-refractivity contribution is 9.10. The molecule has 0 aliphatic carbocycles. The van der Waals surface area contributed by atoms with Crippen molar-refractivity contribution in [3.8, 4) is 11.9 Å². The standard InChI is InChI=1S/C11H7Br2N3/c12-4-8-1-2-11(15-6-8)16-7-9(13)3-10(16)5-14/h1-3,6-7H,4H2. The molecule has 2 aromatic heterocycles. The number of hydrogen-bond acceptors (Lipinski definition) is 2. The Balaban J connectivity index is 2.46. The summed E-state index contributed by atoms with van der Waals surface area (Å²) in [6.45, 7) is 0. The fourth-order valence-corrected chi connectivity index (χ4v) is 2.10. The van der Waals surface area contributed by atoms with E-state index in [4.69, 9.17) is 5.26 Å². The van der Waals surface area contributed by atoms with E-state index in [1.54, 1.807) is 16.8 Å². The predicted molar refractivity (Wildman–Crippen MR) is 68.6 cm³/mol. The molecule has 0 radical (unpaired) electrons. The van der Waals surface area contributed by atoms with E-state index >= 15 is 0 Å². The second kappa shape index (κ2) is 4.81. The number of pyridine rings is 1. The molecule has 0 spiro atoms. The van der Waals surface area contributed by atoms with E-state index in [0.717, 1.165) is 21.2 Å². The van der Waals surface area contributed by atoms with Crippen molar-refractivity contribution in [2.75, 3.05) is 0 Å². The molecule has 5 heteroatoms. The summed E-state index contributed by atoms with van der Waals surface area (Å²) >= 11 is 6.71. The molecule has 2 rings (SSSR count). The van der Waals surface area contributed by atoms with Gasteiger partial charge in [-0.05, 0) is 33.6 Å². The van der Waals surface area contributed by atoms with Crippen LogP contribution in [0, 0.1) is 11.3 Å². The Morgan fingerprint density at radius 3 is 2.81 bits per heavy atom. The van der Waals surface area contributed by atoms with Gasteiger partial charge in [-0.3, -0.25) is 4.57 Å². The molecule has 0 saturated heterocycles. The Kier molecular flexibility index (Phi) is 3.42. The highest BCUT2D eigenvalue weighted by atomic mass is 79.9. The Morgan fingerprint density at radius 2 is 2.25 bits per heavy atom. The van der Waals surface area contributed by atoms with Crippen molar-refractivity contribution in [1.82, 2.24) is 9.55 Å². The van der Waals surface area contributed by atoms with Crippen LogP contribution in [-0.4, -0.2) is 9.55 Å². The summed E-state index contributed by atoms with van der Waals surface area (Å²) in [6, 6.07) is 7.76. The number of hydrogen-bond donors (Lipinski definition) is 0. The van der Waals surface area contributed by atoms with Gasteiger partial charge in [-0.2, -0.15) is 5.26 Å². The van der Waals surface area contributed by atoms with Crippen molar-refractivity contribution in [2.24, 2.45) is 0 Å². The van der Waals surface area contributed by atoms with E-state index in [2.05, 4.69) is 42.9 Å². The van der Waals surface area contributed by atoms with Crippen molar-refractivity contribution in [2.45, 2.75) is 5.33 Å². The second-order valence-electron chi connectivity index (χ2n) is 3.18. The zero-order valence-corrected chi connectivity index (χ0v) is 11.4. The first kappa shape index (κ1) is 11.4. The Morgan fingerprint density at radius 1 is 1.44 bits per heavy atom. The maximum atomic E-state index is 8.97. The van der Waals surface area contributed by atoms with Crippen LogP contribution < -0.4 is 0 Å². The third kappa shape index (κ3) is 2.18. The lowest BCUT2D eigenvalue weighted by Crippen LogP contribution is -1.98. The topological polar surface area (TPSA) is 41.6 Å². The van der Waals surface area contributed by atoms with Crippen molar-refractivity contribution in [3.05, 3.63) is 46.3 Å². The lowest BCUT2D eigenvalue weighted by Gasteiger charge is -2.03. The molecule has 16 heavy (non-hydrogen) atoms. The van der Waals surface area contributed by atoms with Crippen LogP contribution in [0.1, 0.15) is 11.3 Å². The third-order valence-electron chi connectivity index (χ3n) is 2.11. The number of aromatic nitrogens is 2. The lowest BCUT2D eigenvalue weighted by atomic mass is 10.3. The molecule has 0 N–H and O–H groups in total. The molecule has 0 atom stereocenters. The minimum atomic E-state index is 0.561. The molecule has 0 unspecified atom stereocenters.